The molecule has 106 valence electrons. The van der Waals surface area contributed by atoms with Crippen LogP contribution in [0.1, 0.15) is 55.4 Å². The number of nitrogens with one attached hydrogen (secondary N) is 1. The second-order valence-corrected chi connectivity index (χ2v) is 7.06. The van der Waals surface area contributed by atoms with E-state index in [-0.39, 0.29) is 23.3 Å². The molecule has 0 aromatic rings. The van der Waals surface area contributed by atoms with Crippen LogP contribution in [0.2, 0.25) is 0 Å². The molecule has 1 amide bonds. The van der Waals surface area contributed by atoms with Gasteiger partial charge in [-0.1, -0.05) is 13.8 Å². The third-order valence-electron chi connectivity index (χ3n) is 2.21. The maximum Gasteiger partial charge on any atom is 0.312 e. The first-order valence-corrected chi connectivity index (χ1v) is 6.37. The Morgan fingerprint density at radius 3 is 1.72 bits per heavy atom. The third kappa shape index (κ3) is 6.03. The van der Waals surface area contributed by atoms with Crippen LogP contribution < -0.4 is 5.32 Å². The molecule has 0 rings (SSSR count). The van der Waals surface area contributed by atoms with Gasteiger partial charge in [0.2, 0.25) is 0 Å². The van der Waals surface area contributed by atoms with Crippen LogP contribution in [-0.4, -0.2) is 23.5 Å². The molecule has 0 saturated heterocycles. The molecular formula is C14H27NO3. The highest BCUT2D eigenvalue weighted by molar-refractivity contribution is 5.85. The summed E-state index contributed by atoms with van der Waals surface area (Å²) in [4.78, 5) is 23.9. The standard InChI is InChI=1S/C14H27NO3/c1-9(2)10(11(16)15-14(6,7)8)18-12(17)13(3,4)5/h9-10H,1-8H3,(H,15,16). The SMILES string of the molecule is CC(C)C(OC(=O)C(C)(C)C)C(=O)NC(C)(C)C. The van der Waals surface area contributed by atoms with Gasteiger partial charge < -0.3 is 10.1 Å². The van der Waals surface area contributed by atoms with Crippen LogP contribution in [0, 0.1) is 11.3 Å². The van der Waals surface area contributed by atoms with Gasteiger partial charge in [0.15, 0.2) is 6.10 Å². The summed E-state index contributed by atoms with van der Waals surface area (Å²) in [5, 5.41) is 2.84. The number of carbonyl (C=O) groups excluding carboxylic acids is 2. The molecule has 0 saturated carbocycles. The van der Waals surface area contributed by atoms with Gasteiger partial charge in [-0.25, -0.2) is 0 Å². The lowest BCUT2D eigenvalue weighted by atomic mass is 9.96. The smallest absolute Gasteiger partial charge is 0.312 e. The molecule has 0 fully saturated rings. The van der Waals surface area contributed by atoms with E-state index < -0.39 is 11.5 Å². The van der Waals surface area contributed by atoms with Crippen molar-refractivity contribution in [3.05, 3.63) is 0 Å². The Hall–Kier alpha value is -1.06. The van der Waals surface area contributed by atoms with Crippen molar-refractivity contribution in [1.82, 2.24) is 5.32 Å². The van der Waals surface area contributed by atoms with E-state index in [1.807, 2.05) is 34.6 Å². The summed E-state index contributed by atoms with van der Waals surface area (Å²) in [7, 11) is 0. The second-order valence-electron chi connectivity index (χ2n) is 7.06. The summed E-state index contributed by atoms with van der Waals surface area (Å²) in [5.74, 6) is -0.654. The van der Waals surface area contributed by atoms with Crippen LogP contribution in [-0.2, 0) is 14.3 Å². The van der Waals surface area contributed by atoms with Crippen LogP contribution in [0.5, 0.6) is 0 Å². The van der Waals surface area contributed by atoms with Crippen molar-refractivity contribution in [3.63, 3.8) is 0 Å². The Labute approximate surface area is 110 Å². The Morgan fingerprint density at radius 2 is 1.44 bits per heavy atom. The van der Waals surface area contributed by atoms with Gasteiger partial charge >= 0.3 is 5.97 Å². The van der Waals surface area contributed by atoms with Gasteiger partial charge in [-0.05, 0) is 47.5 Å². The Bertz CT molecular complexity index is 308. The lowest BCUT2D eigenvalue weighted by Crippen LogP contribution is -2.49. The molecule has 1 N–H and O–H groups in total. The predicted molar refractivity (Wildman–Crippen MR) is 72.1 cm³/mol. The first-order valence-electron chi connectivity index (χ1n) is 6.37. The van der Waals surface area contributed by atoms with E-state index in [0.29, 0.717) is 0 Å². The zero-order valence-corrected chi connectivity index (χ0v) is 12.9. The van der Waals surface area contributed by atoms with Crippen LogP contribution in [0.4, 0.5) is 0 Å². The van der Waals surface area contributed by atoms with Gasteiger partial charge in [0.05, 0.1) is 5.41 Å². The van der Waals surface area contributed by atoms with Gasteiger partial charge in [-0.2, -0.15) is 0 Å². The minimum Gasteiger partial charge on any atom is -0.452 e. The number of amides is 1. The molecule has 0 radical (unpaired) electrons. The zero-order valence-electron chi connectivity index (χ0n) is 12.9. The minimum atomic E-state index is -0.740. The van der Waals surface area contributed by atoms with Crippen molar-refractivity contribution in [2.75, 3.05) is 0 Å². The highest BCUT2D eigenvalue weighted by Crippen LogP contribution is 2.19. The molecule has 0 heterocycles. The highest BCUT2D eigenvalue weighted by atomic mass is 16.5. The van der Waals surface area contributed by atoms with Crippen molar-refractivity contribution < 1.29 is 14.3 Å². The molecule has 0 spiro atoms. The van der Waals surface area contributed by atoms with E-state index in [0.717, 1.165) is 0 Å². The van der Waals surface area contributed by atoms with Crippen molar-refractivity contribution in [1.29, 1.82) is 0 Å². The first-order chi connectivity index (χ1) is 7.84. The number of carbonyl (C=O) groups is 2. The lowest BCUT2D eigenvalue weighted by molar-refractivity contribution is -0.166. The quantitative estimate of drug-likeness (QED) is 0.790. The van der Waals surface area contributed by atoms with Crippen molar-refractivity contribution in [2.24, 2.45) is 11.3 Å². The zero-order chi connectivity index (χ0) is 14.7. The van der Waals surface area contributed by atoms with E-state index in [1.165, 1.54) is 0 Å². The minimum absolute atomic E-state index is 0.0568. The second kappa shape index (κ2) is 5.72. The molecular weight excluding hydrogens is 230 g/mol. The topological polar surface area (TPSA) is 55.4 Å². The Kier molecular flexibility index (Phi) is 5.38. The molecule has 4 nitrogen and oxygen atoms in total. The summed E-state index contributed by atoms with van der Waals surface area (Å²) in [6.45, 7) is 14.7. The molecule has 18 heavy (non-hydrogen) atoms. The molecule has 1 atom stereocenters. The van der Waals surface area contributed by atoms with E-state index >= 15 is 0 Å². The first kappa shape index (κ1) is 16.9. The fourth-order valence-corrected chi connectivity index (χ4v) is 1.23. The molecule has 0 aliphatic heterocycles. The molecule has 0 bridgehead atoms. The van der Waals surface area contributed by atoms with Crippen molar-refractivity contribution in [3.8, 4) is 0 Å². The maximum absolute atomic E-state index is 12.1. The number of ether oxygens (including phenoxy) is 1. The normalized spacial score (nSPS) is 14.3. The van der Waals surface area contributed by atoms with E-state index in [4.69, 9.17) is 4.74 Å². The van der Waals surface area contributed by atoms with Gasteiger partial charge in [-0.15, -0.1) is 0 Å². The number of hydrogen-bond donors (Lipinski definition) is 1. The van der Waals surface area contributed by atoms with Gasteiger partial charge in [0.1, 0.15) is 0 Å². The maximum atomic E-state index is 12.1. The van der Waals surface area contributed by atoms with Gasteiger partial charge in [0, 0.05) is 5.54 Å². The lowest BCUT2D eigenvalue weighted by Gasteiger charge is -2.28. The predicted octanol–water partition coefficient (Wildman–Crippen LogP) is 2.52. The van der Waals surface area contributed by atoms with E-state index in [2.05, 4.69) is 5.32 Å². The molecule has 1 unspecified atom stereocenters. The molecule has 0 aromatic carbocycles. The average Bonchev–Trinajstić information content (AvgIpc) is 2.07. The number of rotatable bonds is 3. The molecule has 4 heteroatoms. The summed E-state index contributed by atoms with van der Waals surface area (Å²) in [5.41, 5.74) is -0.937. The van der Waals surface area contributed by atoms with Crippen LogP contribution in [0.15, 0.2) is 0 Å². The number of esters is 1. The third-order valence-corrected chi connectivity index (χ3v) is 2.21. The molecule has 0 aromatic heterocycles. The summed E-state index contributed by atoms with van der Waals surface area (Å²) < 4.78 is 5.33. The molecule has 0 aliphatic rings. The fourth-order valence-electron chi connectivity index (χ4n) is 1.23. The van der Waals surface area contributed by atoms with Crippen LogP contribution >= 0.6 is 0 Å². The van der Waals surface area contributed by atoms with Crippen LogP contribution in [0.25, 0.3) is 0 Å². The van der Waals surface area contributed by atoms with Crippen molar-refractivity contribution in [2.45, 2.75) is 67.0 Å². The van der Waals surface area contributed by atoms with Crippen molar-refractivity contribution >= 4 is 11.9 Å². The Balaban J connectivity index is 4.79. The largest absolute Gasteiger partial charge is 0.452 e. The fraction of sp³-hybridized carbons (Fsp3) is 0.857. The summed E-state index contributed by atoms with van der Waals surface area (Å²) in [6.07, 6.45) is -0.740. The summed E-state index contributed by atoms with van der Waals surface area (Å²) >= 11 is 0. The highest BCUT2D eigenvalue weighted by Gasteiger charge is 2.33. The van der Waals surface area contributed by atoms with Gasteiger partial charge in [-0.3, -0.25) is 9.59 Å². The van der Waals surface area contributed by atoms with E-state index in [1.54, 1.807) is 20.8 Å². The van der Waals surface area contributed by atoms with Crippen LogP contribution in [0.3, 0.4) is 0 Å². The monoisotopic (exact) mass is 257 g/mol. The average molecular weight is 257 g/mol. The number of hydrogen-bond acceptors (Lipinski definition) is 3. The Morgan fingerprint density at radius 1 is 1.00 bits per heavy atom. The van der Waals surface area contributed by atoms with Gasteiger partial charge in [0.25, 0.3) is 5.91 Å². The van der Waals surface area contributed by atoms with E-state index in [9.17, 15) is 9.59 Å². The summed E-state index contributed by atoms with van der Waals surface area (Å²) in [6, 6.07) is 0. The molecule has 0 aliphatic carbocycles.